The maximum absolute atomic E-state index is 13.7. The van der Waals surface area contributed by atoms with Gasteiger partial charge in [0.2, 0.25) is 11.8 Å². The van der Waals surface area contributed by atoms with Crippen molar-refractivity contribution in [1.82, 2.24) is 4.90 Å². The number of nitrogens with zero attached hydrogens (tertiary/aromatic N) is 1. The highest BCUT2D eigenvalue weighted by molar-refractivity contribution is 6.24. The number of carbonyl (C=O) groups excluding carboxylic acids is 4. The number of phenols is 1. The highest BCUT2D eigenvalue weighted by atomic mass is 16.4. The molecule has 2 amide bonds. The first-order valence-corrected chi connectivity index (χ1v) is 13.2. The minimum Gasteiger partial charge on any atom is -0.508 e. The number of rotatable bonds is 5. The Balaban J connectivity index is 1.50. The molecule has 0 spiro atoms. The number of hydrogen-bond acceptors (Lipinski definition) is 6. The Labute approximate surface area is 224 Å². The summed E-state index contributed by atoms with van der Waals surface area (Å²) in [4.78, 5) is 66.0. The summed E-state index contributed by atoms with van der Waals surface area (Å²) in [5.41, 5.74) is 2.28. The van der Waals surface area contributed by atoms with E-state index in [1.165, 1.54) is 11.0 Å². The number of allylic oxidation sites excluding steroid dienone is 6. The van der Waals surface area contributed by atoms with Crippen LogP contribution in [-0.4, -0.2) is 51.0 Å². The zero-order valence-electron chi connectivity index (χ0n) is 21.3. The summed E-state index contributed by atoms with van der Waals surface area (Å²) in [5, 5.41) is 21.8. The van der Waals surface area contributed by atoms with Crippen LogP contribution in [0, 0.1) is 17.8 Å². The molecule has 2 aromatic rings. The van der Waals surface area contributed by atoms with Crippen molar-refractivity contribution in [3.05, 3.63) is 76.4 Å². The van der Waals surface area contributed by atoms with Gasteiger partial charge in [-0.05, 0) is 55.0 Å². The van der Waals surface area contributed by atoms with Gasteiger partial charge in [0, 0.05) is 41.2 Å². The molecule has 0 saturated carbocycles. The van der Waals surface area contributed by atoms with Gasteiger partial charge in [-0.1, -0.05) is 42.0 Å². The molecule has 2 aromatic carbocycles. The maximum atomic E-state index is 13.7. The van der Waals surface area contributed by atoms with Crippen molar-refractivity contribution in [2.45, 2.75) is 38.5 Å². The third-order valence-electron chi connectivity index (χ3n) is 8.66. The second-order valence-corrected chi connectivity index (χ2v) is 10.8. The average molecular weight is 526 g/mol. The summed E-state index contributed by atoms with van der Waals surface area (Å²) in [6.45, 7) is 1.63. The zero-order valence-corrected chi connectivity index (χ0v) is 21.3. The maximum Gasteiger partial charge on any atom is 0.303 e. The van der Waals surface area contributed by atoms with Gasteiger partial charge in [0.1, 0.15) is 5.75 Å². The second kappa shape index (κ2) is 9.15. The second-order valence-electron chi connectivity index (χ2n) is 10.8. The Morgan fingerprint density at radius 2 is 1.79 bits per heavy atom. The molecular formula is C31H27NO7. The lowest BCUT2D eigenvalue weighted by Crippen LogP contribution is -2.40. The van der Waals surface area contributed by atoms with E-state index in [1.807, 2.05) is 30.3 Å². The number of carboxylic acid groups (broad SMARTS) is 1. The molecule has 1 aliphatic heterocycles. The van der Waals surface area contributed by atoms with E-state index < -0.39 is 29.6 Å². The molecular weight excluding hydrogens is 498 g/mol. The van der Waals surface area contributed by atoms with Gasteiger partial charge in [0.05, 0.1) is 11.8 Å². The fourth-order valence-corrected chi connectivity index (χ4v) is 6.95. The van der Waals surface area contributed by atoms with Crippen LogP contribution < -0.4 is 0 Å². The Kier molecular flexibility index (Phi) is 5.86. The summed E-state index contributed by atoms with van der Waals surface area (Å²) in [6.07, 6.45) is 3.70. The number of ketones is 2. The highest BCUT2D eigenvalue weighted by Gasteiger charge is 2.56. The van der Waals surface area contributed by atoms with Crippen LogP contribution in [0.4, 0.5) is 0 Å². The van der Waals surface area contributed by atoms with Crippen molar-refractivity contribution >= 4 is 40.1 Å². The number of fused-ring (bicyclic) bond motifs is 4. The quantitative estimate of drug-likeness (QED) is 0.345. The minimum absolute atomic E-state index is 0.00852. The molecule has 4 atom stereocenters. The Morgan fingerprint density at radius 1 is 1.03 bits per heavy atom. The van der Waals surface area contributed by atoms with Crippen molar-refractivity contribution in [3.8, 4) is 5.75 Å². The number of amides is 2. The van der Waals surface area contributed by atoms with E-state index in [2.05, 4.69) is 0 Å². The van der Waals surface area contributed by atoms with E-state index in [9.17, 15) is 29.1 Å². The number of likely N-dealkylation sites (tertiary alicyclic amines) is 1. The van der Waals surface area contributed by atoms with E-state index in [-0.39, 0.29) is 61.4 Å². The van der Waals surface area contributed by atoms with E-state index in [0.717, 1.165) is 16.3 Å². The molecule has 2 N–H and O–H groups in total. The normalized spacial score (nSPS) is 26.3. The third-order valence-corrected chi connectivity index (χ3v) is 8.66. The summed E-state index contributed by atoms with van der Waals surface area (Å²) in [7, 11) is 0. The van der Waals surface area contributed by atoms with Gasteiger partial charge in [-0.25, -0.2) is 0 Å². The lowest BCUT2D eigenvalue weighted by Gasteiger charge is -2.42. The first kappa shape index (κ1) is 25.0. The van der Waals surface area contributed by atoms with Crippen molar-refractivity contribution in [2.24, 2.45) is 17.8 Å². The fraction of sp³-hybridized carbons (Fsp3) is 0.323. The lowest BCUT2D eigenvalue weighted by molar-refractivity contribution is -0.142. The molecule has 0 aromatic heterocycles. The summed E-state index contributed by atoms with van der Waals surface area (Å²) < 4.78 is 0. The first-order valence-electron chi connectivity index (χ1n) is 13.2. The van der Waals surface area contributed by atoms with Crippen LogP contribution in [0.15, 0.2) is 70.8 Å². The van der Waals surface area contributed by atoms with Crippen LogP contribution in [0.3, 0.4) is 0 Å². The van der Waals surface area contributed by atoms with Crippen molar-refractivity contribution in [2.75, 3.05) is 6.54 Å². The largest absolute Gasteiger partial charge is 0.508 e. The number of hydrogen-bond donors (Lipinski definition) is 2. The Bertz CT molecular complexity index is 1590. The lowest BCUT2D eigenvalue weighted by atomic mass is 9.59. The Morgan fingerprint density at radius 3 is 2.56 bits per heavy atom. The monoisotopic (exact) mass is 525 g/mol. The molecule has 0 bridgehead atoms. The zero-order chi connectivity index (χ0) is 27.6. The summed E-state index contributed by atoms with van der Waals surface area (Å²) in [6, 6.07) is 10.9. The molecule has 39 heavy (non-hydrogen) atoms. The van der Waals surface area contributed by atoms with Gasteiger partial charge in [-0.3, -0.25) is 28.9 Å². The number of phenolic OH excluding ortho intramolecular Hbond substituents is 1. The molecule has 3 aliphatic carbocycles. The predicted octanol–water partition coefficient (Wildman–Crippen LogP) is 3.84. The van der Waals surface area contributed by atoms with Gasteiger partial charge in [0.25, 0.3) is 0 Å². The van der Waals surface area contributed by atoms with Crippen LogP contribution in [0.25, 0.3) is 10.8 Å². The van der Waals surface area contributed by atoms with Gasteiger partial charge >= 0.3 is 5.97 Å². The van der Waals surface area contributed by atoms with Crippen molar-refractivity contribution in [3.63, 3.8) is 0 Å². The number of imide groups is 1. The van der Waals surface area contributed by atoms with E-state index in [0.29, 0.717) is 22.3 Å². The van der Waals surface area contributed by atoms with Crippen LogP contribution in [-0.2, 0) is 24.0 Å². The van der Waals surface area contributed by atoms with Crippen LogP contribution in [0.5, 0.6) is 5.75 Å². The fourth-order valence-electron chi connectivity index (χ4n) is 6.95. The van der Waals surface area contributed by atoms with Crippen LogP contribution >= 0.6 is 0 Å². The molecule has 8 heteroatoms. The number of benzene rings is 2. The van der Waals surface area contributed by atoms with E-state index >= 15 is 0 Å². The number of Topliss-reactive ketones (excluding diaryl/α,β-unsaturated/α-hetero) is 1. The molecule has 6 rings (SSSR count). The van der Waals surface area contributed by atoms with Gasteiger partial charge < -0.3 is 10.2 Å². The molecule has 1 saturated heterocycles. The standard InChI is InChI=1S/C31H27NO7/c1-15-13-23(34)21-14-20-18(9-10-19-25(20)31(39)32(30(19)38)12-4-7-24(35)36)27(28(21)29(15)37)26-17-6-3-2-5-16(17)8-11-22(26)33/h2-3,5-6,8-9,11,13,19-20,25,27,33H,4,7,10,12,14H2,1H3,(H,35,36)/t19-,20+,25-,27+/m0/s1. The van der Waals surface area contributed by atoms with Crippen LogP contribution in [0.1, 0.15) is 44.1 Å². The molecule has 1 heterocycles. The highest BCUT2D eigenvalue weighted by Crippen LogP contribution is 2.57. The van der Waals surface area contributed by atoms with Gasteiger partial charge in [0.15, 0.2) is 11.6 Å². The van der Waals surface area contributed by atoms with E-state index in [4.69, 9.17) is 5.11 Å². The minimum atomic E-state index is -0.997. The molecule has 0 unspecified atom stereocenters. The molecule has 8 nitrogen and oxygen atoms in total. The average Bonchev–Trinajstić information content (AvgIpc) is 3.15. The molecule has 4 aliphatic rings. The SMILES string of the molecule is CC1=CC(=O)C2=C(C1=O)[C@@H](c1c(O)ccc3ccccc13)C1=CC[C@@H]3C(=O)N(CCCC(=O)O)C(=O)[C@@H]3[C@@H]1C2. The number of carboxylic acids is 1. The van der Waals surface area contributed by atoms with E-state index in [1.54, 1.807) is 19.1 Å². The number of aliphatic carboxylic acids is 1. The first-order chi connectivity index (χ1) is 18.7. The summed E-state index contributed by atoms with van der Waals surface area (Å²) in [5.74, 6) is -4.80. The van der Waals surface area contributed by atoms with Crippen molar-refractivity contribution in [1.29, 1.82) is 0 Å². The molecule has 198 valence electrons. The predicted molar refractivity (Wildman–Crippen MR) is 141 cm³/mol. The Hall–Kier alpha value is -4.33. The smallest absolute Gasteiger partial charge is 0.303 e. The van der Waals surface area contributed by atoms with Crippen LogP contribution in [0.2, 0.25) is 0 Å². The number of aromatic hydroxyl groups is 1. The molecule has 0 radical (unpaired) electrons. The molecule has 1 fully saturated rings. The topological polar surface area (TPSA) is 129 Å². The van der Waals surface area contributed by atoms with Gasteiger partial charge in [-0.15, -0.1) is 0 Å². The third kappa shape index (κ3) is 3.77. The van der Waals surface area contributed by atoms with Crippen molar-refractivity contribution < 1.29 is 34.2 Å². The van der Waals surface area contributed by atoms with Gasteiger partial charge in [-0.2, -0.15) is 0 Å². The summed E-state index contributed by atoms with van der Waals surface area (Å²) >= 11 is 0. The number of carbonyl (C=O) groups is 5.